The Hall–Kier alpha value is -3.19. The topological polar surface area (TPSA) is 59.8 Å². The number of fused-ring (bicyclic) bond motifs is 1. The van der Waals surface area contributed by atoms with E-state index in [2.05, 4.69) is 10.00 Å². The predicted molar refractivity (Wildman–Crippen MR) is 117 cm³/mol. The van der Waals surface area contributed by atoms with Crippen molar-refractivity contribution in [3.63, 3.8) is 0 Å². The number of halogens is 1. The second-order valence-electron chi connectivity index (χ2n) is 7.10. The van der Waals surface area contributed by atoms with Crippen LogP contribution >= 0.6 is 11.6 Å². The zero-order valence-corrected chi connectivity index (χ0v) is 17.9. The number of carbonyl (C=O) groups is 1. The number of nitrogens with zero attached hydrogens (tertiary/aromatic N) is 4. The van der Waals surface area contributed by atoms with Crippen molar-refractivity contribution in [2.24, 2.45) is 0 Å². The molecule has 2 heterocycles. The van der Waals surface area contributed by atoms with E-state index in [1.807, 2.05) is 43.4 Å². The maximum absolute atomic E-state index is 13.1. The van der Waals surface area contributed by atoms with Crippen molar-refractivity contribution in [2.45, 2.75) is 13.1 Å². The Morgan fingerprint density at radius 1 is 1.03 bits per heavy atom. The maximum atomic E-state index is 13.1. The van der Waals surface area contributed by atoms with Gasteiger partial charge < -0.3 is 19.3 Å². The zero-order chi connectivity index (χ0) is 21.3. The molecule has 0 spiro atoms. The minimum absolute atomic E-state index is 0.101. The normalized spacial score (nSPS) is 13.2. The second-order valence-corrected chi connectivity index (χ2v) is 7.54. The van der Waals surface area contributed by atoms with Gasteiger partial charge in [0.2, 0.25) is 0 Å². The monoisotopic (exact) mass is 426 g/mol. The van der Waals surface area contributed by atoms with Crippen molar-refractivity contribution in [3.05, 3.63) is 64.9 Å². The first-order chi connectivity index (χ1) is 14.5. The largest absolute Gasteiger partial charge is 0.497 e. The number of ether oxygens (including phenoxy) is 2. The van der Waals surface area contributed by atoms with Crippen LogP contribution < -0.4 is 19.3 Å². The number of amides is 1. The van der Waals surface area contributed by atoms with Gasteiger partial charge in [0, 0.05) is 36.1 Å². The fraction of sp³-hybridized carbons (Fsp3) is 0.273. The van der Waals surface area contributed by atoms with Crippen LogP contribution in [-0.2, 0) is 13.1 Å². The fourth-order valence-electron chi connectivity index (χ4n) is 3.56. The first-order valence-electron chi connectivity index (χ1n) is 9.57. The Kier molecular flexibility index (Phi) is 5.55. The molecule has 0 atom stereocenters. The number of aromatic nitrogens is 2. The van der Waals surface area contributed by atoms with Crippen molar-refractivity contribution in [1.82, 2.24) is 9.78 Å². The third-order valence-corrected chi connectivity index (χ3v) is 5.36. The van der Waals surface area contributed by atoms with Crippen LogP contribution in [0, 0.1) is 0 Å². The average Bonchev–Trinajstić information content (AvgIpc) is 3.17. The SMILES string of the molecule is COc1ccc(N(C)Cc2cc3n(n2)CCN(c2cc(Cl)cc(OC)c2)C3=O)cc1. The Labute approximate surface area is 180 Å². The van der Waals surface area contributed by atoms with Crippen LogP contribution in [-0.4, -0.2) is 43.5 Å². The summed E-state index contributed by atoms with van der Waals surface area (Å²) in [5.74, 6) is 1.33. The summed E-state index contributed by atoms with van der Waals surface area (Å²) in [7, 11) is 5.22. The van der Waals surface area contributed by atoms with Crippen molar-refractivity contribution >= 4 is 28.9 Å². The van der Waals surface area contributed by atoms with Gasteiger partial charge in [-0.25, -0.2) is 0 Å². The molecule has 8 heteroatoms. The Balaban J connectivity index is 1.53. The molecule has 1 aromatic heterocycles. The van der Waals surface area contributed by atoms with Crippen molar-refractivity contribution in [1.29, 1.82) is 0 Å². The van der Waals surface area contributed by atoms with E-state index in [4.69, 9.17) is 21.1 Å². The molecule has 0 bridgehead atoms. The van der Waals surface area contributed by atoms with Gasteiger partial charge in [-0.2, -0.15) is 5.10 Å². The van der Waals surface area contributed by atoms with Crippen molar-refractivity contribution in [2.75, 3.05) is 37.6 Å². The van der Waals surface area contributed by atoms with E-state index in [0.717, 1.165) is 17.1 Å². The molecule has 0 saturated carbocycles. The highest BCUT2D eigenvalue weighted by Gasteiger charge is 2.28. The number of anilines is 2. The lowest BCUT2D eigenvalue weighted by Gasteiger charge is -2.27. The highest BCUT2D eigenvalue weighted by Crippen LogP contribution is 2.29. The average molecular weight is 427 g/mol. The van der Waals surface area contributed by atoms with Crippen molar-refractivity contribution < 1.29 is 14.3 Å². The fourth-order valence-corrected chi connectivity index (χ4v) is 3.78. The minimum atomic E-state index is -0.101. The summed E-state index contributed by atoms with van der Waals surface area (Å²) in [6, 6.07) is 15.0. The van der Waals surface area contributed by atoms with Crippen LogP contribution in [0.15, 0.2) is 48.5 Å². The minimum Gasteiger partial charge on any atom is -0.497 e. The van der Waals surface area contributed by atoms with E-state index >= 15 is 0 Å². The van der Waals surface area contributed by atoms with Gasteiger partial charge in [0.25, 0.3) is 5.91 Å². The number of benzene rings is 2. The van der Waals surface area contributed by atoms with Gasteiger partial charge in [-0.15, -0.1) is 0 Å². The van der Waals surface area contributed by atoms with Crippen LogP contribution in [0.25, 0.3) is 0 Å². The van der Waals surface area contributed by atoms with Crippen molar-refractivity contribution in [3.8, 4) is 11.5 Å². The molecular formula is C22H23ClN4O3. The summed E-state index contributed by atoms with van der Waals surface area (Å²) in [6.07, 6.45) is 0. The first-order valence-corrected chi connectivity index (χ1v) is 9.94. The molecular weight excluding hydrogens is 404 g/mol. The molecule has 156 valence electrons. The lowest BCUT2D eigenvalue weighted by atomic mass is 10.2. The summed E-state index contributed by atoms with van der Waals surface area (Å²) in [5, 5.41) is 5.16. The third kappa shape index (κ3) is 3.93. The van der Waals surface area contributed by atoms with E-state index in [1.54, 1.807) is 35.9 Å². The molecule has 1 aliphatic heterocycles. The van der Waals surface area contributed by atoms with Crippen LogP contribution in [0.2, 0.25) is 5.02 Å². The van der Waals surface area contributed by atoms with E-state index in [9.17, 15) is 4.79 Å². The predicted octanol–water partition coefficient (Wildman–Crippen LogP) is 3.85. The summed E-state index contributed by atoms with van der Waals surface area (Å²) in [6.45, 7) is 1.72. The van der Waals surface area contributed by atoms with Gasteiger partial charge >= 0.3 is 0 Å². The molecule has 0 fully saturated rings. The smallest absolute Gasteiger partial charge is 0.276 e. The van der Waals surface area contributed by atoms with Crippen LogP contribution in [0.5, 0.6) is 11.5 Å². The molecule has 4 rings (SSSR count). The van der Waals surface area contributed by atoms with E-state index in [-0.39, 0.29) is 5.91 Å². The van der Waals surface area contributed by atoms with Gasteiger partial charge in [-0.3, -0.25) is 9.48 Å². The zero-order valence-electron chi connectivity index (χ0n) is 17.1. The lowest BCUT2D eigenvalue weighted by Crippen LogP contribution is -2.40. The number of methoxy groups -OCH3 is 2. The molecule has 1 aliphatic rings. The molecule has 2 aromatic carbocycles. The highest BCUT2D eigenvalue weighted by atomic mass is 35.5. The Morgan fingerprint density at radius 3 is 2.47 bits per heavy atom. The summed E-state index contributed by atoms with van der Waals surface area (Å²) in [5.41, 5.74) is 3.16. The van der Waals surface area contributed by atoms with Crippen LogP contribution in [0.3, 0.4) is 0 Å². The van der Waals surface area contributed by atoms with Gasteiger partial charge in [0.15, 0.2) is 0 Å². The summed E-state index contributed by atoms with van der Waals surface area (Å²) < 4.78 is 12.3. The summed E-state index contributed by atoms with van der Waals surface area (Å²) >= 11 is 6.19. The Morgan fingerprint density at radius 2 is 1.77 bits per heavy atom. The standard InChI is InChI=1S/C22H23ClN4O3/c1-25(17-4-6-19(29-2)7-5-17)14-16-12-21-22(28)26(8-9-27(21)24-16)18-10-15(23)11-20(13-18)30-3/h4-7,10-13H,8-9,14H2,1-3H3. The third-order valence-electron chi connectivity index (χ3n) is 5.15. The number of hydrogen-bond acceptors (Lipinski definition) is 5. The van der Waals surface area contributed by atoms with Crippen LogP contribution in [0.1, 0.15) is 16.2 Å². The molecule has 7 nitrogen and oxygen atoms in total. The number of carbonyl (C=O) groups excluding carboxylic acids is 1. The van der Waals surface area contributed by atoms with E-state index < -0.39 is 0 Å². The summed E-state index contributed by atoms with van der Waals surface area (Å²) in [4.78, 5) is 16.9. The Bertz CT molecular complexity index is 1060. The second kappa shape index (κ2) is 8.28. The van der Waals surface area contributed by atoms with Gasteiger partial charge in [0.1, 0.15) is 17.2 Å². The molecule has 0 radical (unpaired) electrons. The highest BCUT2D eigenvalue weighted by molar-refractivity contribution is 6.31. The molecule has 0 unspecified atom stereocenters. The maximum Gasteiger partial charge on any atom is 0.276 e. The molecule has 30 heavy (non-hydrogen) atoms. The molecule has 0 saturated heterocycles. The lowest BCUT2D eigenvalue weighted by molar-refractivity contribution is 0.0962. The van der Waals surface area contributed by atoms with Gasteiger partial charge in [-0.1, -0.05) is 11.6 Å². The van der Waals surface area contributed by atoms with E-state index in [0.29, 0.717) is 41.8 Å². The molecule has 1 amide bonds. The number of rotatable bonds is 6. The van der Waals surface area contributed by atoms with E-state index in [1.165, 1.54) is 0 Å². The quantitative estimate of drug-likeness (QED) is 0.599. The van der Waals surface area contributed by atoms with Crippen LogP contribution in [0.4, 0.5) is 11.4 Å². The van der Waals surface area contributed by atoms with Gasteiger partial charge in [-0.05, 0) is 42.5 Å². The van der Waals surface area contributed by atoms with Gasteiger partial charge in [0.05, 0.1) is 33.0 Å². The molecule has 0 aliphatic carbocycles. The first kappa shape index (κ1) is 20.1. The molecule has 3 aromatic rings. The number of hydrogen-bond donors (Lipinski definition) is 0. The molecule has 0 N–H and O–H groups in total.